The van der Waals surface area contributed by atoms with Crippen molar-refractivity contribution in [2.24, 2.45) is 0 Å². The number of nitrogens with one attached hydrogen (secondary N) is 2. The van der Waals surface area contributed by atoms with Crippen LogP contribution >= 0.6 is 28.1 Å². The van der Waals surface area contributed by atoms with E-state index in [9.17, 15) is 0 Å². The van der Waals surface area contributed by atoms with Crippen molar-refractivity contribution in [2.45, 2.75) is 18.5 Å². The number of aromatic nitrogens is 1. The second-order valence-corrected chi connectivity index (χ2v) is 9.48. The van der Waals surface area contributed by atoms with Gasteiger partial charge >= 0.3 is 0 Å². The predicted octanol–water partition coefficient (Wildman–Crippen LogP) is 6.58. The van der Waals surface area contributed by atoms with Gasteiger partial charge < -0.3 is 20.0 Å². The highest BCUT2D eigenvalue weighted by Gasteiger charge is 2.41. The van der Waals surface area contributed by atoms with Gasteiger partial charge in [-0.1, -0.05) is 52.3 Å². The Morgan fingerprint density at radius 1 is 0.971 bits per heavy atom. The SMILES string of the molecule is S=C1N[C@H](c2ccccn2)[C@@H](c2ccc(-c3ccc(Br)cc3)o2)N1CCCNc1ccccc1. The number of nitrogens with zero attached hydrogens (tertiary/aromatic N) is 2. The first kappa shape index (κ1) is 22.6. The van der Waals surface area contributed by atoms with E-state index in [0.717, 1.165) is 57.6 Å². The maximum atomic E-state index is 6.40. The van der Waals surface area contributed by atoms with Gasteiger partial charge in [0.1, 0.15) is 17.6 Å². The second kappa shape index (κ2) is 10.4. The van der Waals surface area contributed by atoms with E-state index in [1.54, 1.807) is 0 Å². The fourth-order valence-corrected chi connectivity index (χ4v) is 4.87. The van der Waals surface area contributed by atoms with Crippen molar-refractivity contribution in [1.82, 2.24) is 15.2 Å². The van der Waals surface area contributed by atoms with E-state index >= 15 is 0 Å². The lowest BCUT2D eigenvalue weighted by molar-refractivity contribution is 0.274. The van der Waals surface area contributed by atoms with Gasteiger partial charge in [-0.15, -0.1) is 0 Å². The molecule has 0 saturated carbocycles. The first-order chi connectivity index (χ1) is 16.7. The molecule has 0 amide bonds. The summed E-state index contributed by atoms with van der Waals surface area (Å²) >= 11 is 9.27. The molecule has 0 radical (unpaired) electrons. The highest BCUT2D eigenvalue weighted by atomic mass is 79.9. The van der Waals surface area contributed by atoms with Crippen molar-refractivity contribution < 1.29 is 4.42 Å². The van der Waals surface area contributed by atoms with Crippen LogP contribution < -0.4 is 10.6 Å². The third kappa shape index (κ3) is 5.00. The molecule has 5 rings (SSSR count). The number of thiocarbonyl (C=S) groups is 1. The van der Waals surface area contributed by atoms with Gasteiger partial charge in [-0.05, 0) is 67.2 Å². The molecule has 2 atom stereocenters. The van der Waals surface area contributed by atoms with Crippen LogP contribution in [0.15, 0.2) is 100 Å². The van der Waals surface area contributed by atoms with Gasteiger partial charge in [0, 0.05) is 35.0 Å². The Hall–Kier alpha value is -3.16. The summed E-state index contributed by atoms with van der Waals surface area (Å²) in [5.74, 6) is 1.71. The number of rotatable bonds is 8. The number of pyridine rings is 1. The molecule has 0 bridgehead atoms. The molecule has 0 unspecified atom stereocenters. The topological polar surface area (TPSA) is 53.3 Å². The van der Waals surface area contributed by atoms with Crippen LogP contribution in [-0.2, 0) is 0 Å². The van der Waals surface area contributed by atoms with Crippen molar-refractivity contribution in [1.29, 1.82) is 0 Å². The molecular weight excluding hydrogens is 508 g/mol. The van der Waals surface area contributed by atoms with Crippen LogP contribution in [0.1, 0.15) is 30.0 Å². The average molecular weight is 533 g/mol. The van der Waals surface area contributed by atoms with E-state index in [1.165, 1.54) is 0 Å². The molecule has 34 heavy (non-hydrogen) atoms. The zero-order chi connectivity index (χ0) is 23.3. The average Bonchev–Trinajstić information content (AvgIpc) is 3.48. The van der Waals surface area contributed by atoms with Gasteiger partial charge in [0.05, 0.1) is 11.7 Å². The Morgan fingerprint density at radius 2 is 1.76 bits per heavy atom. The maximum Gasteiger partial charge on any atom is 0.170 e. The predicted molar refractivity (Wildman–Crippen MR) is 144 cm³/mol. The number of benzene rings is 2. The van der Waals surface area contributed by atoms with Gasteiger partial charge in [0.25, 0.3) is 0 Å². The maximum absolute atomic E-state index is 6.40. The van der Waals surface area contributed by atoms with Gasteiger partial charge in [-0.2, -0.15) is 0 Å². The Morgan fingerprint density at radius 3 is 2.53 bits per heavy atom. The fraction of sp³-hybridized carbons (Fsp3) is 0.185. The van der Waals surface area contributed by atoms with E-state index < -0.39 is 0 Å². The lowest BCUT2D eigenvalue weighted by Crippen LogP contribution is -2.31. The van der Waals surface area contributed by atoms with E-state index in [4.69, 9.17) is 16.6 Å². The number of furan rings is 1. The molecule has 5 nitrogen and oxygen atoms in total. The third-order valence-electron chi connectivity index (χ3n) is 5.92. The summed E-state index contributed by atoms with van der Waals surface area (Å²) in [4.78, 5) is 6.84. The molecule has 4 aromatic rings. The zero-order valence-electron chi connectivity index (χ0n) is 18.5. The molecule has 2 N–H and O–H groups in total. The summed E-state index contributed by atoms with van der Waals surface area (Å²) in [6.07, 6.45) is 2.75. The monoisotopic (exact) mass is 532 g/mol. The number of hydrogen-bond acceptors (Lipinski definition) is 4. The quantitative estimate of drug-likeness (QED) is 0.197. The summed E-state index contributed by atoms with van der Waals surface area (Å²) in [6, 6.07) is 28.3. The standard InChI is InChI=1S/C27H25BrN4OS/c28-20-12-10-19(11-13-20)23-14-15-24(33-23)26-25(22-9-4-5-16-30-22)31-27(34)32(26)18-6-17-29-21-7-2-1-3-8-21/h1-5,7-16,25-26,29H,6,17-18H2,(H,31,34)/t25-,26-/m1/s1. The van der Waals surface area contributed by atoms with Crippen LogP contribution in [0.4, 0.5) is 5.69 Å². The molecule has 1 aliphatic heterocycles. The van der Waals surface area contributed by atoms with Crippen LogP contribution in [-0.4, -0.2) is 28.1 Å². The summed E-state index contributed by atoms with van der Waals surface area (Å²) in [5.41, 5.74) is 3.11. The molecule has 172 valence electrons. The van der Waals surface area contributed by atoms with Crippen LogP contribution in [0, 0.1) is 0 Å². The zero-order valence-corrected chi connectivity index (χ0v) is 20.9. The van der Waals surface area contributed by atoms with Gasteiger partial charge in [-0.3, -0.25) is 4.98 Å². The van der Waals surface area contributed by atoms with E-state index in [1.807, 2.05) is 72.9 Å². The first-order valence-electron chi connectivity index (χ1n) is 11.3. The highest BCUT2D eigenvalue weighted by Crippen LogP contribution is 2.40. The van der Waals surface area contributed by atoms with E-state index in [0.29, 0.717) is 0 Å². The largest absolute Gasteiger partial charge is 0.459 e. The van der Waals surface area contributed by atoms with Crippen molar-refractivity contribution in [3.8, 4) is 11.3 Å². The van der Waals surface area contributed by atoms with Crippen LogP contribution in [0.25, 0.3) is 11.3 Å². The summed E-state index contributed by atoms with van der Waals surface area (Å²) in [5, 5.41) is 7.70. The Balaban J connectivity index is 1.37. The first-order valence-corrected chi connectivity index (χ1v) is 12.5. The highest BCUT2D eigenvalue weighted by molar-refractivity contribution is 9.10. The van der Waals surface area contributed by atoms with Crippen molar-refractivity contribution in [2.75, 3.05) is 18.4 Å². The van der Waals surface area contributed by atoms with Crippen molar-refractivity contribution in [3.05, 3.63) is 107 Å². The summed E-state index contributed by atoms with van der Waals surface area (Å²) in [7, 11) is 0. The van der Waals surface area contributed by atoms with E-state index in [-0.39, 0.29) is 12.1 Å². The smallest absolute Gasteiger partial charge is 0.170 e. The number of hydrogen-bond donors (Lipinski definition) is 2. The van der Waals surface area contributed by atoms with Gasteiger partial charge in [0.15, 0.2) is 5.11 Å². The number of anilines is 1. The Labute approximate surface area is 213 Å². The van der Waals surface area contributed by atoms with Gasteiger partial charge in [0.2, 0.25) is 0 Å². The molecule has 1 saturated heterocycles. The summed E-state index contributed by atoms with van der Waals surface area (Å²) in [6.45, 7) is 1.65. The molecule has 7 heteroatoms. The van der Waals surface area contributed by atoms with Gasteiger partial charge in [-0.25, -0.2) is 0 Å². The molecule has 1 fully saturated rings. The van der Waals surface area contributed by atoms with Crippen LogP contribution in [0.2, 0.25) is 0 Å². The number of para-hydroxylation sites is 1. The summed E-state index contributed by atoms with van der Waals surface area (Å²) < 4.78 is 7.44. The van der Waals surface area contributed by atoms with Crippen LogP contribution in [0.5, 0.6) is 0 Å². The molecule has 2 aromatic carbocycles. The minimum Gasteiger partial charge on any atom is -0.459 e. The Kier molecular flexibility index (Phi) is 6.92. The molecule has 2 aromatic heterocycles. The number of halogens is 1. The van der Waals surface area contributed by atoms with E-state index in [2.05, 4.69) is 54.6 Å². The van der Waals surface area contributed by atoms with Crippen molar-refractivity contribution >= 4 is 38.9 Å². The molecule has 1 aliphatic rings. The lowest BCUT2D eigenvalue weighted by atomic mass is 10.0. The molecular formula is C27H25BrN4OS. The van der Waals surface area contributed by atoms with Crippen LogP contribution in [0.3, 0.4) is 0 Å². The molecule has 3 heterocycles. The lowest BCUT2D eigenvalue weighted by Gasteiger charge is -2.26. The minimum absolute atomic E-state index is 0.0803. The molecule has 0 aliphatic carbocycles. The third-order valence-corrected chi connectivity index (χ3v) is 6.80. The second-order valence-electron chi connectivity index (χ2n) is 8.18. The minimum atomic E-state index is -0.0836. The normalized spacial score (nSPS) is 17.6. The van der Waals surface area contributed by atoms with Crippen molar-refractivity contribution in [3.63, 3.8) is 0 Å². The fourth-order valence-electron chi connectivity index (χ4n) is 4.27. The molecule has 0 spiro atoms. The Bertz CT molecular complexity index is 1230.